The standard InChI is InChI=1S/C10H18N4O2/c1-10(2)7-15-5-4-14(10)9-13-12-8(16-9)6-11-3/h11H,4-7H2,1-3H3. The average molecular weight is 226 g/mol. The molecule has 0 spiro atoms. The van der Waals surface area contributed by atoms with Crippen LogP contribution in [0, 0.1) is 0 Å². The van der Waals surface area contributed by atoms with Crippen molar-refractivity contribution in [3.8, 4) is 0 Å². The Morgan fingerprint density at radius 3 is 2.94 bits per heavy atom. The quantitative estimate of drug-likeness (QED) is 0.805. The Kier molecular flexibility index (Phi) is 3.11. The van der Waals surface area contributed by atoms with Crippen LogP contribution in [0.2, 0.25) is 0 Å². The SMILES string of the molecule is CNCc1nnc(N2CCOCC2(C)C)o1. The van der Waals surface area contributed by atoms with Crippen LogP contribution in [-0.2, 0) is 11.3 Å². The third-order valence-corrected chi connectivity index (χ3v) is 2.66. The highest BCUT2D eigenvalue weighted by molar-refractivity contribution is 5.30. The molecule has 1 aliphatic heterocycles. The summed E-state index contributed by atoms with van der Waals surface area (Å²) in [5.41, 5.74) is -0.0955. The first kappa shape index (κ1) is 11.3. The fourth-order valence-electron chi connectivity index (χ4n) is 1.79. The zero-order valence-corrected chi connectivity index (χ0v) is 9.99. The van der Waals surface area contributed by atoms with E-state index in [2.05, 4.69) is 34.3 Å². The second kappa shape index (κ2) is 4.39. The topological polar surface area (TPSA) is 63.4 Å². The van der Waals surface area contributed by atoms with Gasteiger partial charge in [0.15, 0.2) is 0 Å². The Balaban J connectivity index is 2.15. The Labute approximate surface area is 95.0 Å². The van der Waals surface area contributed by atoms with Crippen LogP contribution in [-0.4, -0.2) is 42.5 Å². The minimum atomic E-state index is -0.0955. The molecule has 0 saturated carbocycles. The smallest absolute Gasteiger partial charge is 0.318 e. The van der Waals surface area contributed by atoms with Crippen LogP contribution < -0.4 is 10.2 Å². The van der Waals surface area contributed by atoms with E-state index in [1.165, 1.54) is 0 Å². The van der Waals surface area contributed by atoms with Gasteiger partial charge in [-0.2, -0.15) is 0 Å². The van der Waals surface area contributed by atoms with Crippen molar-refractivity contribution in [2.75, 3.05) is 31.7 Å². The summed E-state index contributed by atoms with van der Waals surface area (Å²) in [6.07, 6.45) is 0. The lowest BCUT2D eigenvalue weighted by molar-refractivity contribution is 0.0610. The maximum atomic E-state index is 5.58. The lowest BCUT2D eigenvalue weighted by Crippen LogP contribution is -2.53. The molecule has 2 rings (SSSR count). The highest BCUT2D eigenvalue weighted by Gasteiger charge is 2.33. The molecule has 6 nitrogen and oxygen atoms in total. The van der Waals surface area contributed by atoms with Gasteiger partial charge in [0.05, 0.1) is 25.3 Å². The van der Waals surface area contributed by atoms with Crippen molar-refractivity contribution < 1.29 is 9.15 Å². The highest BCUT2D eigenvalue weighted by atomic mass is 16.5. The third-order valence-electron chi connectivity index (χ3n) is 2.66. The van der Waals surface area contributed by atoms with Gasteiger partial charge in [-0.25, -0.2) is 0 Å². The molecule has 0 amide bonds. The molecular formula is C10H18N4O2. The van der Waals surface area contributed by atoms with Gasteiger partial charge in [0.1, 0.15) is 0 Å². The molecule has 0 radical (unpaired) electrons. The van der Waals surface area contributed by atoms with Crippen molar-refractivity contribution in [3.05, 3.63) is 5.89 Å². The van der Waals surface area contributed by atoms with Gasteiger partial charge in [0, 0.05) is 6.54 Å². The van der Waals surface area contributed by atoms with E-state index in [4.69, 9.17) is 9.15 Å². The van der Waals surface area contributed by atoms with Crippen LogP contribution in [0.25, 0.3) is 0 Å². The first-order valence-corrected chi connectivity index (χ1v) is 5.46. The van der Waals surface area contributed by atoms with Gasteiger partial charge in [-0.1, -0.05) is 5.10 Å². The Hall–Kier alpha value is -1.14. The molecule has 0 unspecified atom stereocenters. The van der Waals surface area contributed by atoms with E-state index in [9.17, 15) is 0 Å². The zero-order valence-electron chi connectivity index (χ0n) is 9.99. The maximum absolute atomic E-state index is 5.58. The summed E-state index contributed by atoms with van der Waals surface area (Å²) < 4.78 is 11.0. The van der Waals surface area contributed by atoms with Gasteiger partial charge < -0.3 is 19.4 Å². The van der Waals surface area contributed by atoms with Gasteiger partial charge in [-0.15, -0.1) is 5.10 Å². The lowest BCUT2D eigenvalue weighted by Gasteiger charge is -2.40. The van der Waals surface area contributed by atoms with Gasteiger partial charge >= 0.3 is 6.01 Å². The Bertz CT molecular complexity index is 350. The van der Waals surface area contributed by atoms with E-state index in [-0.39, 0.29) is 5.54 Å². The molecule has 2 heterocycles. The van der Waals surface area contributed by atoms with Crippen LogP contribution in [0.15, 0.2) is 4.42 Å². The summed E-state index contributed by atoms with van der Waals surface area (Å²) in [7, 11) is 1.85. The lowest BCUT2D eigenvalue weighted by atomic mass is 10.0. The van der Waals surface area contributed by atoms with Crippen LogP contribution >= 0.6 is 0 Å². The maximum Gasteiger partial charge on any atom is 0.318 e. The molecule has 90 valence electrons. The van der Waals surface area contributed by atoms with Crippen LogP contribution in [0.4, 0.5) is 6.01 Å². The monoisotopic (exact) mass is 226 g/mol. The predicted octanol–water partition coefficient (Wildman–Crippen LogP) is 0.404. The van der Waals surface area contributed by atoms with Gasteiger partial charge in [0.25, 0.3) is 0 Å². The molecule has 1 saturated heterocycles. The Morgan fingerprint density at radius 1 is 1.44 bits per heavy atom. The molecule has 1 aromatic heterocycles. The number of hydrogen-bond donors (Lipinski definition) is 1. The minimum absolute atomic E-state index is 0.0955. The summed E-state index contributed by atoms with van der Waals surface area (Å²) in [4.78, 5) is 2.10. The van der Waals surface area contributed by atoms with E-state index >= 15 is 0 Å². The summed E-state index contributed by atoms with van der Waals surface area (Å²) in [6.45, 7) is 6.97. The summed E-state index contributed by atoms with van der Waals surface area (Å²) in [5, 5.41) is 11.0. The molecule has 1 fully saturated rings. The molecule has 0 aliphatic carbocycles. The molecule has 1 N–H and O–H groups in total. The highest BCUT2D eigenvalue weighted by Crippen LogP contribution is 2.25. The van der Waals surface area contributed by atoms with Gasteiger partial charge in [-0.05, 0) is 20.9 Å². The van der Waals surface area contributed by atoms with Crippen molar-refractivity contribution >= 4 is 6.01 Å². The van der Waals surface area contributed by atoms with E-state index < -0.39 is 0 Å². The molecule has 1 aliphatic rings. The minimum Gasteiger partial charge on any atom is -0.407 e. The first-order chi connectivity index (χ1) is 7.63. The van der Waals surface area contributed by atoms with Crippen molar-refractivity contribution in [1.82, 2.24) is 15.5 Å². The van der Waals surface area contributed by atoms with Crippen LogP contribution in [0.3, 0.4) is 0 Å². The fourth-order valence-corrected chi connectivity index (χ4v) is 1.79. The number of hydrogen-bond acceptors (Lipinski definition) is 6. The normalized spacial score (nSPS) is 20.1. The fraction of sp³-hybridized carbons (Fsp3) is 0.800. The molecule has 1 aromatic rings. The van der Waals surface area contributed by atoms with Crippen LogP contribution in [0.5, 0.6) is 0 Å². The predicted molar refractivity (Wildman–Crippen MR) is 59.3 cm³/mol. The number of ether oxygens (including phenoxy) is 1. The molecule has 0 bridgehead atoms. The molecular weight excluding hydrogens is 208 g/mol. The zero-order chi connectivity index (χ0) is 11.6. The summed E-state index contributed by atoms with van der Waals surface area (Å²) >= 11 is 0. The molecule has 0 aromatic carbocycles. The number of nitrogens with one attached hydrogen (secondary N) is 1. The van der Waals surface area contributed by atoms with E-state index in [0.29, 0.717) is 31.7 Å². The number of rotatable bonds is 3. The summed E-state index contributed by atoms with van der Waals surface area (Å²) in [6, 6.07) is 0.582. The average Bonchev–Trinajstić information content (AvgIpc) is 2.66. The summed E-state index contributed by atoms with van der Waals surface area (Å²) in [5.74, 6) is 0.611. The van der Waals surface area contributed by atoms with Gasteiger partial charge in [-0.3, -0.25) is 0 Å². The third kappa shape index (κ3) is 2.17. The van der Waals surface area contributed by atoms with Crippen molar-refractivity contribution in [1.29, 1.82) is 0 Å². The van der Waals surface area contributed by atoms with Crippen LogP contribution in [0.1, 0.15) is 19.7 Å². The number of aromatic nitrogens is 2. The van der Waals surface area contributed by atoms with E-state index in [0.717, 1.165) is 6.54 Å². The molecule has 6 heteroatoms. The van der Waals surface area contributed by atoms with E-state index in [1.807, 2.05) is 7.05 Å². The molecule has 0 atom stereocenters. The number of morpholine rings is 1. The number of nitrogens with zero attached hydrogens (tertiary/aromatic N) is 3. The second-order valence-electron chi connectivity index (χ2n) is 4.53. The van der Waals surface area contributed by atoms with Crippen molar-refractivity contribution in [2.24, 2.45) is 0 Å². The molecule has 16 heavy (non-hydrogen) atoms. The number of anilines is 1. The first-order valence-electron chi connectivity index (χ1n) is 5.46. The van der Waals surface area contributed by atoms with Crippen molar-refractivity contribution in [2.45, 2.75) is 25.9 Å². The van der Waals surface area contributed by atoms with Gasteiger partial charge in [0.2, 0.25) is 5.89 Å². The Morgan fingerprint density at radius 2 is 2.25 bits per heavy atom. The largest absolute Gasteiger partial charge is 0.407 e. The van der Waals surface area contributed by atoms with Crippen molar-refractivity contribution in [3.63, 3.8) is 0 Å². The van der Waals surface area contributed by atoms with E-state index in [1.54, 1.807) is 0 Å². The second-order valence-corrected chi connectivity index (χ2v) is 4.53.